The monoisotopic (exact) mass is 304 g/mol. The molecule has 0 amide bonds. The third kappa shape index (κ3) is 4.24. The Morgan fingerprint density at radius 3 is 2.91 bits per heavy atom. The van der Waals surface area contributed by atoms with Gasteiger partial charge in [-0.3, -0.25) is 4.90 Å². The number of allylic oxidation sites excluding steroid dienone is 1. The molecule has 0 spiro atoms. The molecule has 1 heterocycles. The molecule has 4 heteroatoms. The molecule has 0 radical (unpaired) electrons. The molecule has 1 aromatic carbocycles. The van der Waals surface area contributed by atoms with E-state index in [9.17, 15) is 0 Å². The quantitative estimate of drug-likeness (QED) is 0.787. The van der Waals surface area contributed by atoms with Gasteiger partial charge in [0.05, 0.1) is 13.7 Å². The summed E-state index contributed by atoms with van der Waals surface area (Å²) in [4.78, 5) is 2.42. The topological polar surface area (TPSA) is 47.7 Å². The van der Waals surface area contributed by atoms with Crippen molar-refractivity contribution < 1.29 is 9.47 Å². The van der Waals surface area contributed by atoms with E-state index in [0.29, 0.717) is 12.6 Å². The average Bonchev–Trinajstić information content (AvgIpc) is 2.48. The highest BCUT2D eigenvalue weighted by molar-refractivity contribution is 5.50. The SMILES string of the molecule is C=CCc1cc(CN2CCCC(N)C2)cc(OCC)c1OC. The van der Waals surface area contributed by atoms with Crippen LogP contribution in [0.4, 0.5) is 0 Å². The van der Waals surface area contributed by atoms with E-state index >= 15 is 0 Å². The van der Waals surface area contributed by atoms with E-state index in [0.717, 1.165) is 49.5 Å². The Morgan fingerprint density at radius 2 is 2.27 bits per heavy atom. The van der Waals surface area contributed by atoms with Crippen molar-refractivity contribution >= 4 is 0 Å². The van der Waals surface area contributed by atoms with Gasteiger partial charge < -0.3 is 15.2 Å². The smallest absolute Gasteiger partial charge is 0.164 e. The largest absolute Gasteiger partial charge is 0.493 e. The van der Waals surface area contributed by atoms with Crippen LogP contribution < -0.4 is 15.2 Å². The Labute approximate surface area is 133 Å². The van der Waals surface area contributed by atoms with Crippen molar-refractivity contribution in [3.05, 3.63) is 35.9 Å². The van der Waals surface area contributed by atoms with Gasteiger partial charge in [0.1, 0.15) is 0 Å². The minimum atomic E-state index is 0.297. The maximum atomic E-state index is 6.08. The molecule has 4 nitrogen and oxygen atoms in total. The van der Waals surface area contributed by atoms with Gasteiger partial charge in [-0.1, -0.05) is 12.1 Å². The first-order chi connectivity index (χ1) is 10.7. The maximum absolute atomic E-state index is 6.08. The second-order valence-electron chi connectivity index (χ2n) is 5.85. The van der Waals surface area contributed by atoms with Crippen LogP contribution in [0.3, 0.4) is 0 Å². The highest BCUT2D eigenvalue weighted by Gasteiger charge is 2.18. The van der Waals surface area contributed by atoms with Gasteiger partial charge in [-0.25, -0.2) is 0 Å². The van der Waals surface area contributed by atoms with E-state index < -0.39 is 0 Å². The molecule has 1 saturated heterocycles. The third-order valence-electron chi connectivity index (χ3n) is 4.01. The summed E-state index contributed by atoms with van der Waals surface area (Å²) in [6, 6.07) is 4.59. The fraction of sp³-hybridized carbons (Fsp3) is 0.556. The molecule has 0 bridgehead atoms. The number of hydrogen-bond donors (Lipinski definition) is 1. The van der Waals surface area contributed by atoms with Crippen molar-refractivity contribution in [2.75, 3.05) is 26.8 Å². The number of rotatable bonds is 7. The summed E-state index contributed by atoms with van der Waals surface area (Å²) in [7, 11) is 1.69. The fourth-order valence-corrected chi connectivity index (χ4v) is 3.11. The summed E-state index contributed by atoms with van der Waals surface area (Å²) < 4.78 is 11.3. The molecular formula is C18H28N2O2. The van der Waals surface area contributed by atoms with E-state index in [-0.39, 0.29) is 0 Å². The van der Waals surface area contributed by atoms with Crippen molar-refractivity contribution in [3.8, 4) is 11.5 Å². The van der Waals surface area contributed by atoms with Crippen molar-refractivity contribution in [2.24, 2.45) is 5.73 Å². The van der Waals surface area contributed by atoms with E-state index in [1.165, 1.54) is 12.0 Å². The lowest BCUT2D eigenvalue weighted by molar-refractivity contribution is 0.201. The summed E-state index contributed by atoms with van der Waals surface area (Å²) in [5.41, 5.74) is 8.45. The lowest BCUT2D eigenvalue weighted by Crippen LogP contribution is -2.42. The molecule has 1 aliphatic heterocycles. The molecule has 2 rings (SSSR count). The molecule has 0 aromatic heterocycles. The second kappa shape index (κ2) is 8.20. The van der Waals surface area contributed by atoms with Gasteiger partial charge in [-0.15, -0.1) is 6.58 Å². The molecular weight excluding hydrogens is 276 g/mol. The van der Waals surface area contributed by atoms with Crippen LogP contribution in [0.1, 0.15) is 30.9 Å². The Hall–Kier alpha value is -1.52. The highest BCUT2D eigenvalue weighted by atomic mass is 16.5. The van der Waals surface area contributed by atoms with Crippen LogP contribution in [-0.2, 0) is 13.0 Å². The molecule has 1 aliphatic rings. The lowest BCUT2D eigenvalue weighted by atomic mass is 10.0. The number of ether oxygens (including phenoxy) is 2. The van der Waals surface area contributed by atoms with Gasteiger partial charge in [0, 0.05) is 24.7 Å². The van der Waals surface area contributed by atoms with Gasteiger partial charge in [0.25, 0.3) is 0 Å². The van der Waals surface area contributed by atoms with Gasteiger partial charge in [-0.05, 0) is 44.4 Å². The number of methoxy groups -OCH3 is 1. The first-order valence-corrected chi connectivity index (χ1v) is 8.09. The second-order valence-corrected chi connectivity index (χ2v) is 5.85. The number of piperidine rings is 1. The van der Waals surface area contributed by atoms with Crippen LogP contribution in [0.2, 0.25) is 0 Å². The maximum Gasteiger partial charge on any atom is 0.164 e. The molecule has 1 unspecified atom stereocenters. The van der Waals surface area contributed by atoms with Gasteiger partial charge in [0.15, 0.2) is 11.5 Å². The normalized spacial score (nSPS) is 19.0. The molecule has 22 heavy (non-hydrogen) atoms. The summed E-state index contributed by atoms with van der Waals surface area (Å²) in [5, 5.41) is 0. The first kappa shape index (κ1) is 16.8. The van der Waals surface area contributed by atoms with Crippen LogP contribution >= 0.6 is 0 Å². The zero-order chi connectivity index (χ0) is 15.9. The zero-order valence-corrected chi connectivity index (χ0v) is 13.8. The van der Waals surface area contributed by atoms with Crippen molar-refractivity contribution in [2.45, 2.75) is 38.8 Å². The minimum Gasteiger partial charge on any atom is -0.493 e. The Kier molecular flexibility index (Phi) is 6.28. The van der Waals surface area contributed by atoms with Crippen LogP contribution in [-0.4, -0.2) is 37.7 Å². The number of hydrogen-bond acceptors (Lipinski definition) is 4. The summed E-state index contributed by atoms with van der Waals surface area (Å²) in [5.74, 6) is 1.64. The summed E-state index contributed by atoms with van der Waals surface area (Å²) >= 11 is 0. The molecule has 0 saturated carbocycles. The van der Waals surface area contributed by atoms with Crippen molar-refractivity contribution in [3.63, 3.8) is 0 Å². The molecule has 0 aliphatic carbocycles. The van der Waals surface area contributed by atoms with Gasteiger partial charge in [-0.2, -0.15) is 0 Å². The lowest BCUT2D eigenvalue weighted by Gasteiger charge is -2.31. The Morgan fingerprint density at radius 1 is 1.45 bits per heavy atom. The van der Waals surface area contributed by atoms with Gasteiger partial charge in [0.2, 0.25) is 0 Å². The summed E-state index contributed by atoms with van der Waals surface area (Å²) in [6.45, 7) is 9.44. The van der Waals surface area contributed by atoms with E-state index in [4.69, 9.17) is 15.2 Å². The molecule has 2 N–H and O–H groups in total. The predicted molar refractivity (Wildman–Crippen MR) is 90.6 cm³/mol. The van der Waals surface area contributed by atoms with Crippen molar-refractivity contribution in [1.82, 2.24) is 4.90 Å². The minimum absolute atomic E-state index is 0.297. The molecule has 122 valence electrons. The average molecular weight is 304 g/mol. The number of nitrogens with two attached hydrogens (primary N) is 1. The highest BCUT2D eigenvalue weighted by Crippen LogP contribution is 2.34. The third-order valence-corrected chi connectivity index (χ3v) is 4.01. The zero-order valence-electron chi connectivity index (χ0n) is 13.8. The fourth-order valence-electron chi connectivity index (χ4n) is 3.11. The van der Waals surface area contributed by atoms with Gasteiger partial charge >= 0.3 is 0 Å². The van der Waals surface area contributed by atoms with E-state index in [1.807, 2.05) is 13.0 Å². The van der Waals surface area contributed by atoms with Crippen LogP contribution in [0.25, 0.3) is 0 Å². The number of nitrogens with zero attached hydrogens (tertiary/aromatic N) is 1. The number of benzene rings is 1. The number of likely N-dealkylation sites (tertiary alicyclic amines) is 1. The standard InChI is InChI=1S/C18H28N2O2/c1-4-7-15-10-14(11-17(22-5-2)18(15)21-3)12-20-9-6-8-16(19)13-20/h4,10-11,16H,1,5-9,12-13,19H2,2-3H3. The Bertz CT molecular complexity index is 502. The van der Waals surface area contributed by atoms with Crippen LogP contribution in [0.5, 0.6) is 11.5 Å². The van der Waals surface area contributed by atoms with E-state index in [2.05, 4.69) is 23.6 Å². The van der Waals surface area contributed by atoms with Crippen LogP contribution in [0, 0.1) is 0 Å². The van der Waals surface area contributed by atoms with E-state index in [1.54, 1.807) is 7.11 Å². The molecule has 1 fully saturated rings. The summed E-state index contributed by atoms with van der Waals surface area (Å²) in [6.07, 6.45) is 4.98. The molecule has 1 atom stereocenters. The Balaban J connectivity index is 2.24. The van der Waals surface area contributed by atoms with Crippen LogP contribution in [0.15, 0.2) is 24.8 Å². The predicted octanol–water partition coefficient (Wildman–Crippen LogP) is 2.75. The van der Waals surface area contributed by atoms with Crippen molar-refractivity contribution in [1.29, 1.82) is 0 Å². The first-order valence-electron chi connectivity index (χ1n) is 8.09. The molecule has 1 aromatic rings.